The monoisotopic (exact) mass is 299 g/mol. The van der Waals surface area contributed by atoms with Gasteiger partial charge < -0.3 is 9.84 Å². The molecule has 1 atom stereocenters. The van der Waals surface area contributed by atoms with E-state index in [4.69, 9.17) is 4.74 Å². The SMILES string of the molecule is CCC(O)CN(Cc1ccccc1)Cc1ccccc1OC. The van der Waals surface area contributed by atoms with Crippen LogP contribution in [0.15, 0.2) is 54.6 Å². The molecule has 3 nitrogen and oxygen atoms in total. The zero-order chi connectivity index (χ0) is 15.8. The summed E-state index contributed by atoms with van der Waals surface area (Å²) in [6.07, 6.45) is 0.454. The number of hydrogen-bond acceptors (Lipinski definition) is 3. The van der Waals surface area contributed by atoms with Gasteiger partial charge in [-0.05, 0) is 18.1 Å². The number of para-hydroxylation sites is 1. The van der Waals surface area contributed by atoms with E-state index < -0.39 is 0 Å². The standard InChI is InChI=1S/C19H25NO2/c1-3-18(21)15-20(13-16-9-5-4-6-10-16)14-17-11-7-8-12-19(17)22-2/h4-12,18,21H,3,13-15H2,1-2H3. The number of benzene rings is 2. The van der Waals surface area contributed by atoms with Crippen LogP contribution in [-0.4, -0.2) is 29.8 Å². The lowest BCUT2D eigenvalue weighted by Crippen LogP contribution is -2.31. The Balaban J connectivity index is 2.13. The van der Waals surface area contributed by atoms with Crippen LogP contribution in [-0.2, 0) is 13.1 Å². The van der Waals surface area contributed by atoms with Crippen LogP contribution in [0.2, 0.25) is 0 Å². The minimum absolute atomic E-state index is 0.307. The molecule has 0 saturated heterocycles. The summed E-state index contributed by atoms with van der Waals surface area (Å²) in [6.45, 7) is 4.24. The Morgan fingerprint density at radius 1 is 1.00 bits per heavy atom. The Hall–Kier alpha value is -1.84. The smallest absolute Gasteiger partial charge is 0.123 e. The summed E-state index contributed by atoms with van der Waals surface area (Å²) in [5, 5.41) is 10.0. The van der Waals surface area contributed by atoms with Crippen LogP contribution in [0.3, 0.4) is 0 Å². The van der Waals surface area contributed by atoms with Crippen LogP contribution in [0, 0.1) is 0 Å². The molecule has 0 radical (unpaired) electrons. The van der Waals surface area contributed by atoms with Gasteiger partial charge in [-0.3, -0.25) is 4.90 Å². The van der Waals surface area contributed by atoms with Crippen molar-refractivity contribution in [1.82, 2.24) is 4.90 Å². The van der Waals surface area contributed by atoms with E-state index in [0.717, 1.165) is 30.8 Å². The molecule has 0 fully saturated rings. The molecule has 0 aliphatic carbocycles. The fourth-order valence-electron chi connectivity index (χ4n) is 2.53. The molecule has 0 heterocycles. The highest BCUT2D eigenvalue weighted by atomic mass is 16.5. The Morgan fingerprint density at radius 3 is 2.36 bits per heavy atom. The number of methoxy groups -OCH3 is 1. The third-order valence-corrected chi connectivity index (χ3v) is 3.78. The van der Waals surface area contributed by atoms with Gasteiger partial charge in [-0.2, -0.15) is 0 Å². The van der Waals surface area contributed by atoms with Crippen LogP contribution in [0.5, 0.6) is 5.75 Å². The number of ether oxygens (including phenoxy) is 1. The second kappa shape index (κ2) is 8.57. The van der Waals surface area contributed by atoms with Gasteiger partial charge in [-0.25, -0.2) is 0 Å². The summed E-state index contributed by atoms with van der Waals surface area (Å²) in [7, 11) is 1.70. The molecule has 1 N–H and O–H groups in total. The number of aliphatic hydroxyl groups is 1. The summed E-state index contributed by atoms with van der Waals surface area (Å²) in [4.78, 5) is 2.27. The Labute approximate surface area is 133 Å². The molecule has 2 rings (SSSR count). The Bertz CT molecular complexity index is 556. The van der Waals surface area contributed by atoms with E-state index in [1.54, 1.807) is 7.11 Å². The normalized spacial score (nSPS) is 12.4. The molecule has 0 bridgehead atoms. The molecule has 0 aromatic heterocycles. The zero-order valence-corrected chi connectivity index (χ0v) is 13.4. The Kier molecular flexibility index (Phi) is 6.44. The first-order valence-corrected chi connectivity index (χ1v) is 7.79. The van der Waals surface area contributed by atoms with Crippen LogP contribution in [0.4, 0.5) is 0 Å². The summed E-state index contributed by atoms with van der Waals surface area (Å²) in [5.41, 5.74) is 2.39. The predicted octanol–water partition coefficient (Wildman–Crippen LogP) is 3.47. The Morgan fingerprint density at radius 2 is 1.68 bits per heavy atom. The molecule has 0 aliphatic heterocycles. The van der Waals surface area contributed by atoms with Gasteiger partial charge in [0.25, 0.3) is 0 Å². The largest absolute Gasteiger partial charge is 0.496 e. The van der Waals surface area contributed by atoms with Crippen molar-refractivity contribution >= 4 is 0 Å². The van der Waals surface area contributed by atoms with Crippen molar-refractivity contribution in [3.63, 3.8) is 0 Å². The lowest BCUT2D eigenvalue weighted by Gasteiger charge is -2.25. The van der Waals surface area contributed by atoms with Gasteiger partial charge in [0.15, 0.2) is 0 Å². The quantitative estimate of drug-likeness (QED) is 0.810. The predicted molar refractivity (Wildman–Crippen MR) is 89.8 cm³/mol. The molecular formula is C19H25NO2. The maximum absolute atomic E-state index is 10.0. The van der Waals surface area contributed by atoms with Crippen molar-refractivity contribution in [3.8, 4) is 5.75 Å². The average molecular weight is 299 g/mol. The van der Waals surface area contributed by atoms with Crippen molar-refractivity contribution in [3.05, 3.63) is 65.7 Å². The van der Waals surface area contributed by atoms with Crippen molar-refractivity contribution in [2.45, 2.75) is 32.5 Å². The number of hydrogen-bond donors (Lipinski definition) is 1. The van der Waals surface area contributed by atoms with E-state index in [0.29, 0.717) is 6.54 Å². The van der Waals surface area contributed by atoms with E-state index >= 15 is 0 Å². The molecule has 1 unspecified atom stereocenters. The van der Waals surface area contributed by atoms with Crippen LogP contribution in [0.1, 0.15) is 24.5 Å². The maximum Gasteiger partial charge on any atom is 0.123 e. The van der Waals surface area contributed by atoms with Crippen LogP contribution >= 0.6 is 0 Å². The van der Waals surface area contributed by atoms with Gasteiger partial charge in [-0.15, -0.1) is 0 Å². The van der Waals surface area contributed by atoms with Crippen molar-refractivity contribution < 1.29 is 9.84 Å². The molecule has 118 valence electrons. The molecule has 2 aromatic carbocycles. The second-order valence-electron chi connectivity index (χ2n) is 5.53. The molecule has 0 spiro atoms. The first-order valence-electron chi connectivity index (χ1n) is 7.79. The summed E-state index contributed by atoms with van der Waals surface area (Å²) in [6, 6.07) is 18.4. The van der Waals surface area contributed by atoms with Gasteiger partial charge in [0.2, 0.25) is 0 Å². The fourth-order valence-corrected chi connectivity index (χ4v) is 2.53. The zero-order valence-electron chi connectivity index (χ0n) is 13.4. The number of rotatable bonds is 8. The van der Waals surface area contributed by atoms with Gasteiger partial charge in [0.1, 0.15) is 5.75 Å². The molecular weight excluding hydrogens is 274 g/mol. The van der Waals surface area contributed by atoms with Gasteiger partial charge >= 0.3 is 0 Å². The van der Waals surface area contributed by atoms with E-state index in [1.165, 1.54) is 5.56 Å². The average Bonchev–Trinajstić information content (AvgIpc) is 2.56. The summed E-state index contributed by atoms with van der Waals surface area (Å²) >= 11 is 0. The lowest BCUT2D eigenvalue weighted by molar-refractivity contribution is 0.101. The van der Waals surface area contributed by atoms with Crippen molar-refractivity contribution in [2.75, 3.05) is 13.7 Å². The van der Waals surface area contributed by atoms with Crippen LogP contribution < -0.4 is 4.74 Å². The van der Waals surface area contributed by atoms with E-state index in [-0.39, 0.29) is 6.10 Å². The van der Waals surface area contributed by atoms with Gasteiger partial charge in [-0.1, -0.05) is 55.5 Å². The molecule has 0 saturated carbocycles. The summed E-state index contributed by atoms with van der Waals surface area (Å²) in [5.74, 6) is 0.895. The lowest BCUT2D eigenvalue weighted by atomic mass is 10.1. The molecule has 2 aromatic rings. The molecule has 22 heavy (non-hydrogen) atoms. The number of aliphatic hydroxyl groups excluding tert-OH is 1. The first kappa shape index (κ1) is 16.5. The third-order valence-electron chi connectivity index (χ3n) is 3.78. The topological polar surface area (TPSA) is 32.7 Å². The summed E-state index contributed by atoms with van der Waals surface area (Å²) < 4.78 is 5.44. The van der Waals surface area contributed by atoms with E-state index in [1.807, 2.05) is 43.3 Å². The highest BCUT2D eigenvalue weighted by Gasteiger charge is 2.13. The molecule has 3 heteroatoms. The molecule has 0 aliphatic rings. The highest BCUT2D eigenvalue weighted by Crippen LogP contribution is 2.20. The molecule has 0 amide bonds. The third kappa shape index (κ3) is 4.86. The van der Waals surface area contributed by atoms with E-state index in [9.17, 15) is 5.11 Å². The van der Waals surface area contributed by atoms with Gasteiger partial charge in [0.05, 0.1) is 13.2 Å². The first-order chi connectivity index (χ1) is 10.7. The minimum Gasteiger partial charge on any atom is -0.496 e. The minimum atomic E-state index is -0.307. The van der Waals surface area contributed by atoms with Crippen LogP contribution in [0.25, 0.3) is 0 Å². The van der Waals surface area contributed by atoms with Gasteiger partial charge in [0, 0.05) is 25.2 Å². The van der Waals surface area contributed by atoms with Crippen molar-refractivity contribution in [1.29, 1.82) is 0 Å². The van der Waals surface area contributed by atoms with E-state index in [2.05, 4.69) is 23.1 Å². The second-order valence-corrected chi connectivity index (χ2v) is 5.53. The van der Waals surface area contributed by atoms with Crippen molar-refractivity contribution in [2.24, 2.45) is 0 Å². The fraction of sp³-hybridized carbons (Fsp3) is 0.368. The number of nitrogens with zero attached hydrogens (tertiary/aromatic N) is 1. The maximum atomic E-state index is 10.0. The highest BCUT2D eigenvalue weighted by molar-refractivity contribution is 5.33.